The first kappa shape index (κ1) is 10.6. The minimum atomic E-state index is -1.46. The van der Waals surface area contributed by atoms with Gasteiger partial charge in [-0.15, -0.1) is 0 Å². The first-order valence-electron chi connectivity index (χ1n) is 3.53. The third-order valence-corrected chi connectivity index (χ3v) is 1.57. The molecular weight excluding hydrogens is 192 g/mol. The molecule has 14 heavy (non-hydrogen) atoms. The Hall–Kier alpha value is -1.46. The molecule has 1 aromatic rings. The van der Waals surface area contributed by atoms with Crippen LogP contribution in [0.5, 0.6) is 0 Å². The van der Waals surface area contributed by atoms with Gasteiger partial charge in [0.25, 0.3) is 0 Å². The molecule has 0 unspecified atom stereocenters. The van der Waals surface area contributed by atoms with Crippen LogP contribution in [0.3, 0.4) is 0 Å². The highest BCUT2D eigenvalue weighted by Gasteiger charge is 2.23. The molecule has 0 atom stereocenters. The lowest BCUT2D eigenvalue weighted by atomic mass is 9.79. The second-order valence-electron chi connectivity index (χ2n) is 2.39. The lowest BCUT2D eigenvalue weighted by Crippen LogP contribution is -2.35. The number of nitrogens with zero attached hydrogens (tertiary/aromatic N) is 1. The summed E-state index contributed by atoms with van der Waals surface area (Å²) < 4.78 is 12.8. The van der Waals surface area contributed by atoms with Gasteiger partial charge in [0, 0.05) is 0 Å². The molecule has 0 saturated heterocycles. The van der Waals surface area contributed by atoms with Crippen molar-refractivity contribution < 1.29 is 24.5 Å². The standard InChI is InChI=1S/C7H5BFNO4/c9-7-2-1-6(3-5(7)4-10)8(13-11)14-12/h1-3,11-12H. The molecule has 0 radical (unpaired) electrons. The van der Waals surface area contributed by atoms with Crippen LogP contribution in [0.1, 0.15) is 5.56 Å². The molecule has 1 aromatic carbocycles. The van der Waals surface area contributed by atoms with Crippen molar-refractivity contribution in [1.82, 2.24) is 0 Å². The fourth-order valence-electron chi connectivity index (χ4n) is 0.916. The molecule has 2 N–H and O–H groups in total. The summed E-state index contributed by atoms with van der Waals surface area (Å²) in [5.41, 5.74) is -0.116. The van der Waals surface area contributed by atoms with Gasteiger partial charge in [0.05, 0.1) is 5.56 Å². The number of hydrogen-bond acceptors (Lipinski definition) is 5. The van der Waals surface area contributed by atoms with E-state index < -0.39 is 12.9 Å². The molecule has 0 saturated carbocycles. The van der Waals surface area contributed by atoms with Crippen LogP contribution < -0.4 is 5.46 Å². The third kappa shape index (κ3) is 2.07. The number of benzene rings is 1. The number of halogens is 1. The van der Waals surface area contributed by atoms with Crippen LogP contribution in [0.15, 0.2) is 18.2 Å². The maximum absolute atomic E-state index is 12.8. The van der Waals surface area contributed by atoms with E-state index >= 15 is 0 Å². The Morgan fingerprint density at radius 3 is 2.50 bits per heavy atom. The monoisotopic (exact) mass is 197 g/mol. The van der Waals surface area contributed by atoms with Crippen molar-refractivity contribution in [1.29, 1.82) is 5.26 Å². The van der Waals surface area contributed by atoms with Crippen LogP contribution in [0.4, 0.5) is 4.39 Å². The van der Waals surface area contributed by atoms with Crippen molar-refractivity contribution in [2.45, 2.75) is 0 Å². The fraction of sp³-hybridized carbons (Fsp3) is 0. The predicted molar refractivity (Wildman–Crippen MR) is 43.9 cm³/mol. The summed E-state index contributed by atoms with van der Waals surface area (Å²) in [6.45, 7) is 0. The van der Waals surface area contributed by atoms with Gasteiger partial charge in [-0.3, -0.25) is 20.1 Å². The van der Waals surface area contributed by atoms with E-state index in [0.29, 0.717) is 0 Å². The van der Waals surface area contributed by atoms with Gasteiger partial charge >= 0.3 is 7.12 Å². The van der Waals surface area contributed by atoms with E-state index in [2.05, 4.69) is 9.61 Å². The van der Waals surface area contributed by atoms with E-state index in [-0.39, 0.29) is 11.0 Å². The van der Waals surface area contributed by atoms with Crippen molar-refractivity contribution in [3.63, 3.8) is 0 Å². The predicted octanol–water partition coefficient (Wildman–Crippen LogP) is 0.372. The molecule has 0 aliphatic heterocycles. The quantitative estimate of drug-likeness (QED) is 0.415. The molecule has 0 amide bonds. The van der Waals surface area contributed by atoms with E-state index in [0.717, 1.165) is 12.1 Å². The van der Waals surface area contributed by atoms with E-state index in [9.17, 15) is 4.39 Å². The zero-order valence-electron chi connectivity index (χ0n) is 6.85. The van der Waals surface area contributed by atoms with Gasteiger partial charge in [-0.05, 0) is 17.6 Å². The molecule has 0 aliphatic rings. The Labute approximate surface area is 78.9 Å². The summed E-state index contributed by atoms with van der Waals surface area (Å²) in [7, 11) is -1.46. The normalized spacial score (nSPS) is 9.57. The van der Waals surface area contributed by atoms with E-state index in [1.807, 2.05) is 0 Å². The van der Waals surface area contributed by atoms with Gasteiger partial charge in [0.15, 0.2) is 0 Å². The van der Waals surface area contributed by atoms with Gasteiger partial charge in [0.1, 0.15) is 11.9 Å². The Morgan fingerprint density at radius 2 is 2.00 bits per heavy atom. The number of hydrogen-bond donors (Lipinski definition) is 2. The van der Waals surface area contributed by atoms with Crippen LogP contribution >= 0.6 is 0 Å². The maximum atomic E-state index is 12.8. The van der Waals surface area contributed by atoms with Crippen molar-refractivity contribution in [2.75, 3.05) is 0 Å². The van der Waals surface area contributed by atoms with Crippen LogP contribution in [-0.2, 0) is 9.61 Å². The maximum Gasteiger partial charge on any atom is 0.554 e. The first-order valence-corrected chi connectivity index (χ1v) is 3.53. The fourth-order valence-corrected chi connectivity index (χ4v) is 0.916. The number of rotatable bonds is 3. The Balaban J connectivity index is 3.06. The van der Waals surface area contributed by atoms with Gasteiger partial charge < -0.3 is 0 Å². The molecule has 5 nitrogen and oxygen atoms in total. The highest BCUT2D eigenvalue weighted by atomic mass is 19.1. The summed E-state index contributed by atoms with van der Waals surface area (Å²) in [5, 5.41) is 25.0. The second kappa shape index (κ2) is 4.69. The molecule has 0 heterocycles. The second-order valence-corrected chi connectivity index (χ2v) is 2.39. The molecule has 0 aliphatic carbocycles. The van der Waals surface area contributed by atoms with Crippen LogP contribution in [-0.4, -0.2) is 17.6 Å². The summed E-state index contributed by atoms with van der Waals surface area (Å²) in [5.74, 6) is -0.703. The molecule has 72 valence electrons. The van der Waals surface area contributed by atoms with Gasteiger partial charge in [-0.1, -0.05) is 6.07 Å². The smallest absolute Gasteiger partial charge is 0.264 e. The summed E-state index contributed by atoms with van der Waals surface area (Å²) in [6, 6.07) is 4.88. The van der Waals surface area contributed by atoms with Crippen LogP contribution in [0, 0.1) is 17.1 Å². The van der Waals surface area contributed by atoms with E-state index in [1.54, 1.807) is 6.07 Å². The lowest BCUT2D eigenvalue weighted by molar-refractivity contribution is -0.221. The van der Waals surface area contributed by atoms with Gasteiger partial charge in [-0.2, -0.15) is 5.26 Å². The molecule has 0 aromatic heterocycles. The third-order valence-electron chi connectivity index (χ3n) is 1.57. The highest BCUT2D eigenvalue weighted by Crippen LogP contribution is 2.03. The summed E-state index contributed by atoms with van der Waals surface area (Å²) in [6.07, 6.45) is 0. The molecular formula is C7H5BFNO4. The van der Waals surface area contributed by atoms with Gasteiger partial charge in [-0.25, -0.2) is 4.39 Å². The minimum Gasteiger partial charge on any atom is -0.264 e. The lowest BCUT2D eigenvalue weighted by Gasteiger charge is -2.05. The van der Waals surface area contributed by atoms with E-state index in [1.165, 1.54) is 6.07 Å². The number of nitriles is 1. The molecule has 7 heteroatoms. The van der Waals surface area contributed by atoms with Crippen LogP contribution in [0.25, 0.3) is 0 Å². The topological polar surface area (TPSA) is 82.7 Å². The van der Waals surface area contributed by atoms with Crippen molar-refractivity contribution in [2.24, 2.45) is 0 Å². The molecule has 0 fully saturated rings. The Bertz CT molecular complexity index is 363. The average Bonchev–Trinajstić information content (AvgIpc) is 2.22. The Morgan fingerprint density at radius 1 is 1.36 bits per heavy atom. The molecule has 0 spiro atoms. The minimum absolute atomic E-state index is 0.118. The largest absolute Gasteiger partial charge is 0.554 e. The highest BCUT2D eigenvalue weighted by molar-refractivity contribution is 6.60. The SMILES string of the molecule is N#Cc1cc(B(OO)OO)ccc1F. The van der Waals surface area contributed by atoms with Gasteiger partial charge in [0.2, 0.25) is 0 Å². The van der Waals surface area contributed by atoms with Crippen molar-refractivity contribution in [3.05, 3.63) is 29.6 Å². The first-order chi connectivity index (χ1) is 6.72. The van der Waals surface area contributed by atoms with E-state index in [4.69, 9.17) is 15.8 Å². The average molecular weight is 197 g/mol. The zero-order chi connectivity index (χ0) is 10.6. The Kier molecular flexibility index (Phi) is 3.56. The summed E-state index contributed by atoms with van der Waals surface area (Å²) in [4.78, 5) is 7.44. The van der Waals surface area contributed by atoms with Crippen LogP contribution in [0.2, 0.25) is 0 Å². The molecule has 1 rings (SSSR count). The van der Waals surface area contributed by atoms with Crippen molar-refractivity contribution in [3.8, 4) is 6.07 Å². The summed E-state index contributed by atoms with van der Waals surface area (Å²) >= 11 is 0. The van der Waals surface area contributed by atoms with Crippen molar-refractivity contribution >= 4 is 12.6 Å². The zero-order valence-corrected chi connectivity index (χ0v) is 6.85. The molecule has 0 bridgehead atoms.